The van der Waals surface area contributed by atoms with E-state index in [9.17, 15) is 0 Å². The van der Waals surface area contributed by atoms with Crippen LogP contribution in [-0.2, 0) is 6.54 Å². The first-order chi connectivity index (χ1) is 18.0. The van der Waals surface area contributed by atoms with Gasteiger partial charge in [-0.15, -0.1) is 0 Å². The number of aliphatic imine (C=N–C) groups is 1. The molecule has 5 heteroatoms. The normalized spacial score (nSPS) is 12.6. The van der Waals surface area contributed by atoms with Gasteiger partial charge in [0, 0.05) is 18.3 Å². The van der Waals surface area contributed by atoms with Crippen molar-refractivity contribution in [3.8, 4) is 11.3 Å². The van der Waals surface area contributed by atoms with Gasteiger partial charge >= 0.3 is 0 Å². The summed E-state index contributed by atoms with van der Waals surface area (Å²) in [5.74, 6) is -0.288. The summed E-state index contributed by atoms with van der Waals surface area (Å²) in [7, 11) is 0. The van der Waals surface area contributed by atoms with Crippen LogP contribution in [0.1, 0.15) is 63.6 Å². The molecular weight excluding hydrogens is 459 g/mol. The molecule has 37 heavy (non-hydrogen) atoms. The highest BCUT2D eigenvalue weighted by Gasteiger charge is 2.14. The Hall–Kier alpha value is -3.86. The van der Waals surface area contributed by atoms with E-state index in [2.05, 4.69) is 83.5 Å². The number of nitrogens with zero attached hydrogens (tertiary/aromatic N) is 3. The molecular formula is C32H37FN4. The van der Waals surface area contributed by atoms with Gasteiger partial charge in [0.25, 0.3) is 0 Å². The third-order valence-corrected chi connectivity index (χ3v) is 5.92. The van der Waals surface area contributed by atoms with Crippen molar-refractivity contribution >= 4 is 23.3 Å². The molecule has 0 unspecified atom stereocenters. The molecule has 2 aromatic carbocycles. The van der Waals surface area contributed by atoms with Crippen LogP contribution in [0.25, 0.3) is 16.8 Å². The van der Waals surface area contributed by atoms with E-state index in [4.69, 9.17) is 0 Å². The SMILES string of the molecule is C\C=C/C(=C\C(C)=C\CC)c1ccc(CNc2ncnc(-c3ccc(C)c(/N=C\CCC)c3)c2F)cc1. The average molecular weight is 497 g/mol. The van der Waals surface area contributed by atoms with Crippen molar-refractivity contribution in [2.45, 2.75) is 60.4 Å². The molecule has 192 valence electrons. The third kappa shape index (κ3) is 7.81. The Kier molecular flexibility index (Phi) is 10.5. The Balaban J connectivity index is 1.77. The number of halogens is 1. The van der Waals surface area contributed by atoms with Crippen molar-refractivity contribution in [1.29, 1.82) is 0 Å². The van der Waals surface area contributed by atoms with Crippen molar-refractivity contribution < 1.29 is 4.39 Å². The van der Waals surface area contributed by atoms with Gasteiger partial charge in [0.2, 0.25) is 0 Å². The molecule has 3 rings (SSSR count). The van der Waals surface area contributed by atoms with E-state index >= 15 is 4.39 Å². The molecule has 1 heterocycles. The van der Waals surface area contributed by atoms with Crippen LogP contribution in [0.15, 0.2) is 83.7 Å². The lowest BCUT2D eigenvalue weighted by Gasteiger charge is -2.11. The van der Waals surface area contributed by atoms with Gasteiger partial charge in [-0.25, -0.2) is 14.4 Å². The van der Waals surface area contributed by atoms with Gasteiger partial charge in [-0.1, -0.05) is 86.5 Å². The van der Waals surface area contributed by atoms with E-state index < -0.39 is 5.82 Å². The van der Waals surface area contributed by atoms with Crippen LogP contribution >= 0.6 is 0 Å². The van der Waals surface area contributed by atoms with Gasteiger partial charge in [-0.05, 0) is 61.9 Å². The van der Waals surface area contributed by atoms with E-state index in [1.807, 2.05) is 44.3 Å². The summed E-state index contributed by atoms with van der Waals surface area (Å²) in [5, 5.41) is 3.14. The van der Waals surface area contributed by atoms with Crippen molar-refractivity contribution in [3.63, 3.8) is 0 Å². The number of hydrogen-bond donors (Lipinski definition) is 1. The Morgan fingerprint density at radius 2 is 1.86 bits per heavy atom. The second-order valence-electron chi connectivity index (χ2n) is 8.99. The molecule has 0 saturated carbocycles. The lowest BCUT2D eigenvalue weighted by molar-refractivity contribution is 0.621. The highest BCUT2D eigenvalue weighted by Crippen LogP contribution is 2.29. The van der Waals surface area contributed by atoms with Gasteiger partial charge in [-0.3, -0.25) is 4.99 Å². The summed E-state index contributed by atoms with van der Waals surface area (Å²) < 4.78 is 15.4. The summed E-state index contributed by atoms with van der Waals surface area (Å²) >= 11 is 0. The van der Waals surface area contributed by atoms with Gasteiger partial charge in [0.1, 0.15) is 12.0 Å². The smallest absolute Gasteiger partial charge is 0.191 e. The fourth-order valence-electron chi connectivity index (χ4n) is 3.92. The van der Waals surface area contributed by atoms with E-state index in [0.717, 1.165) is 47.2 Å². The Labute approximate surface area is 220 Å². The first-order valence-corrected chi connectivity index (χ1v) is 12.9. The van der Waals surface area contributed by atoms with Crippen LogP contribution in [-0.4, -0.2) is 16.2 Å². The van der Waals surface area contributed by atoms with Gasteiger partial charge in [0.15, 0.2) is 11.6 Å². The van der Waals surface area contributed by atoms with Crippen molar-refractivity contribution in [1.82, 2.24) is 9.97 Å². The zero-order valence-corrected chi connectivity index (χ0v) is 22.6. The number of aromatic nitrogens is 2. The molecule has 0 aliphatic rings. The fourth-order valence-corrected chi connectivity index (χ4v) is 3.92. The first kappa shape index (κ1) is 27.7. The van der Waals surface area contributed by atoms with Crippen LogP contribution in [0.4, 0.5) is 15.9 Å². The van der Waals surface area contributed by atoms with Crippen LogP contribution < -0.4 is 5.32 Å². The van der Waals surface area contributed by atoms with E-state index in [1.165, 1.54) is 11.9 Å². The summed E-state index contributed by atoms with van der Waals surface area (Å²) in [4.78, 5) is 12.9. The van der Waals surface area contributed by atoms with Crippen molar-refractivity contribution in [2.75, 3.05) is 5.32 Å². The number of anilines is 1. The van der Waals surface area contributed by atoms with Crippen LogP contribution in [0.5, 0.6) is 0 Å². The predicted octanol–water partition coefficient (Wildman–Crippen LogP) is 9.02. The monoisotopic (exact) mass is 496 g/mol. The minimum atomic E-state index is -0.469. The summed E-state index contributed by atoms with van der Waals surface area (Å²) in [5.41, 5.74) is 7.37. The first-order valence-electron chi connectivity index (χ1n) is 12.9. The Bertz CT molecular complexity index is 1300. The fraction of sp³-hybridized carbons (Fsp3) is 0.281. The number of nitrogens with one attached hydrogen (secondary N) is 1. The number of rotatable bonds is 11. The lowest BCUT2D eigenvalue weighted by atomic mass is 10.0. The maximum atomic E-state index is 15.4. The predicted molar refractivity (Wildman–Crippen MR) is 156 cm³/mol. The van der Waals surface area contributed by atoms with Crippen LogP contribution in [0.3, 0.4) is 0 Å². The van der Waals surface area contributed by atoms with Gasteiger partial charge in [0.05, 0.1) is 5.69 Å². The molecule has 0 saturated heterocycles. The largest absolute Gasteiger partial charge is 0.363 e. The minimum absolute atomic E-state index is 0.181. The molecule has 0 spiro atoms. The Morgan fingerprint density at radius 1 is 1.08 bits per heavy atom. The van der Waals surface area contributed by atoms with Gasteiger partial charge < -0.3 is 5.32 Å². The van der Waals surface area contributed by atoms with Crippen molar-refractivity contribution in [2.24, 2.45) is 4.99 Å². The lowest BCUT2D eigenvalue weighted by Crippen LogP contribution is -2.06. The summed E-state index contributed by atoms with van der Waals surface area (Å²) in [6.07, 6.45) is 14.8. The maximum absolute atomic E-state index is 15.4. The average Bonchev–Trinajstić information content (AvgIpc) is 2.90. The van der Waals surface area contributed by atoms with Crippen molar-refractivity contribution in [3.05, 3.63) is 101 Å². The second kappa shape index (κ2) is 14.0. The molecule has 0 radical (unpaired) electrons. The number of aryl methyl sites for hydroxylation is 1. The second-order valence-corrected chi connectivity index (χ2v) is 8.99. The number of benzene rings is 2. The zero-order valence-electron chi connectivity index (χ0n) is 22.6. The minimum Gasteiger partial charge on any atom is -0.363 e. The molecule has 1 aromatic heterocycles. The van der Waals surface area contributed by atoms with E-state index in [0.29, 0.717) is 12.1 Å². The van der Waals surface area contributed by atoms with Crippen LogP contribution in [0, 0.1) is 12.7 Å². The number of unbranched alkanes of at least 4 members (excludes halogenated alkanes) is 1. The highest BCUT2D eigenvalue weighted by molar-refractivity contribution is 5.76. The quantitative estimate of drug-likeness (QED) is 0.213. The molecule has 0 aliphatic heterocycles. The van der Waals surface area contributed by atoms with Crippen LogP contribution in [0.2, 0.25) is 0 Å². The summed E-state index contributed by atoms with van der Waals surface area (Å²) in [6, 6.07) is 14.0. The number of hydrogen-bond acceptors (Lipinski definition) is 4. The number of allylic oxidation sites excluding steroid dienone is 6. The molecule has 0 fully saturated rings. The molecule has 1 N–H and O–H groups in total. The summed E-state index contributed by atoms with van der Waals surface area (Å²) in [6.45, 7) is 10.8. The maximum Gasteiger partial charge on any atom is 0.191 e. The molecule has 3 aromatic rings. The Morgan fingerprint density at radius 3 is 2.57 bits per heavy atom. The topological polar surface area (TPSA) is 50.2 Å². The molecule has 4 nitrogen and oxygen atoms in total. The third-order valence-electron chi connectivity index (χ3n) is 5.92. The van der Waals surface area contributed by atoms with E-state index in [-0.39, 0.29) is 11.5 Å². The van der Waals surface area contributed by atoms with E-state index in [1.54, 1.807) is 0 Å². The molecule has 0 bridgehead atoms. The highest BCUT2D eigenvalue weighted by atomic mass is 19.1. The standard InChI is InChI=1S/C32H37FN4/c1-6-9-18-34-29-20-28(15-12-24(29)5)31-30(33)32(37-22-36-31)35-21-25-13-16-26(17-14-25)27(11-8-3)19-23(4)10-7-2/h8,10-20,22H,6-7,9,21H2,1-5H3,(H,35,36,37)/b11-8-,23-10+,27-19+,34-18-. The molecule has 0 atom stereocenters. The molecule has 0 aliphatic carbocycles. The molecule has 0 amide bonds. The van der Waals surface area contributed by atoms with Gasteiger partial charge in [-0.2, -0.15) is 0 Å². The zero-order chi connectivity index (χ0) is 26.6.